The Morgan fingerprint density at radius 1 is 0.736 bits per heavy atom. The van der Waals surface area contributed by atoms with Crippen molar-refractivity contribution >= 4 is 97.0 Å². The average Bonchev–Trinajstić information content (AvgIpc) is 1.63. The second kappa shape index (κ2) is 25.7. The van der Waals surface area contributed by atoms with Crippen LogP contribution in [0.3, 0.4) is 0 Å². The van der Waals surface area contributed by atoms with E-state index in [-0.39, 0.29) is 59.8 Å². The Kier molecular flexibility index (Phi) is 19.3. The number of sulfonamides is 1. The minimum atomic E-state index is -5.27. The molecule has 0 atom stereocenters. The molecule has 87 heavy (non-hydrogen) atoms. The highest BCUT2D eigenvalue weighted by molar-refractivity contribution is 7.94. The van der Waals surface area contributed by atoms with Crippen LogP contribution >= 0.6 is 12.0 Å². The number of likely N-dealkylation sites (tertiary alicyclic amines) is 1. The van der Waals surface area contributed by atoms with Crippen molar-refractivity contribution in [3.63, 3.8) is 0 Å². The number of hydrogen-bond donors (Lipinski definition) is 1. The van der Waals surface area contributed by atoms with Crippen molar-refractivity contribution in [3.05, 3.63) is 174 Å². The van der Waals surface area contributed by atoms with E-state index in [1.807, 2.05) is 110 Å². The number of benzene rings is 6. The molecule has 0 saturated carbocycles. The molecular formula is C62H67N4O16S5-3. The molecule has 6 aromatic rings. The summed E-state index contributed by atoms with van der Waals surface area (Å²) in [6.07, 6.45) is 10.8. The predicted molar refractivity (Wildman–Crippen MR) is 326 cm³/mol. The number of carbonyl (C=O) groups is 1. The van der Waals surface area contributed by atoms with Crippen LogP contribution in [-0.4, -0.2) is 129 Å². The van der Waals surface area contributed by atoms with Gasteiger partial charge in [-0.1, -0.05) is 111 Å². The first-order chi connectivity index (χ1) is 41.0. The first-order valence-electron chi connectivity index (χ1n) is 28.2. The summed E-state index contributed by atoms with van der Waals surface area (Å²) >= 11 is 0.776. The Bertz CT molecular complexity index is 4160. The molecule has 0 unspecified atom stereocenters. The molecule has 25 heteroatoms. The van der Waals surface area contributed by atoms with Gasteiger partial charge >= 0.3 is 0 Å². The number of anilines is 1. The summed E-state index contributed by atoms with van der Waals surface area (Å²) in [5.41, 5.74) is 2.22. The lowest BCUT2D eigenvalue weighted by molar-refractivity contribution is -0.777. The molecule has 9 rings (SSSR count). The minimum absolute atomic E-state index is 0.0241. The number of amides is 1. The molecular weight excluding hydrogens is 1220 g/mol. The van der Waals surface area contributed by atoms with Crippen LogP contribution in [0.4, 0.5) is 11.4 Å². The fraction of sp³-hybridized carbons (Fsp3) is 0.355. The van der Waals surface area contributed by atoms with Gasteiger partial charge in [-0.3, -0.25) is 9.83 Å². The van der Waals surface area contributed by atoms with Crippen LogP contribution in [0.15, 0.2) is 166 Å². The van der Waals surface area contributed by atoms with Gasteiger partial charge in [0.2, 0.25) is 21.6 Å². The van der Waals surface area contributed by atoms with Gasteiger partial charge in [0.05, 0.1) is 30.2 Å². The molecule has 1 fully saturated rings. The molecule has 0 aromatic heterocycles. The lowest BCUT2D eigenvalue weighted by Crippen LogP contribution is -2.46. The van der Waals surface area contributed by atoms with Crippen LogP contribution in [0.25, 0.3) is 21.5 Å². The van der Waals surface area contributed by atoms with Gasteiger partial charge in [-0.2, -0.15) is 8.91 Å². The molecule has 0 bridgehead atoms. The first-order valence-corrected chi connectivity index (χ1v) is 34.9. The minimum Gasteiger partial charge on any atom is -0.748 e. The Labute approximate surface area is 512 Å². The second-order valence-electron chi connectivity index (χ2n) is 22.9. The van der Waals surface area contributed by atoms with Crippen LogP contribution in [0.2, 0.25) is 0 Å². The van der Waals surface area contributed by atoms with Gasteiger partial charge in [0.15, 0.2) is 5.71 Å². The van der Waals surface area contributed by atoms with Gasteiger partial charge in [-0.05, 0) is 109 Å². The average molecular weight is 1280 g/mol. The number of allylic oxidation sites excluding steroid dienone is 6. The fourth-order valence-electron chi connectivity index (χ4n) is 12.9. The highest BCUT2D eigenvalue weighted by atomic mass is 32.2. The maximum Gasteiger partial charge on any atom is 0.243 e. The summed E-state index contributed by atoms with van der Waals surface area (Å²) < 4.78 is 147. The SMILES string of the molecule is CN(CCCC(=O)N1CCC(C(O)(c2ccccc2)c2ccccc2)CC1)S(=O)(=O)c1cccc2c3c(ccc12)N(CCCS(=O)(=O)[O-])C(=CC=CC=CC1=[N+](CCCSOO[O-])c2ccc4c(S(=O)(=O)[O-])cc(S(=O)(=O)[O-])cc4c2C1(C)C)C3(C)C. The van der Waals surface area contributed by atoms with Crippen LogP contribution in [-0.2, 0) is 71.0 Å². The Morgan fingerprint density at radius 3 is 2.00 bits per heavy atom. The lowest BCUT2D eigenvalue weighted by Gasteiger charge is -2.42. The molecule has 0 aliphatic carbocycles. The number of hydrogen-bond acceptors (Lipinski definition) is 18. The van der Waals surface area contributed by atoms with Crippen LogP contribution in [0.1, 0.15) is 88.5 Å². The summed E-state index contributed by atoms with van der Waals surface area (Å²) in [6.45, 7) is 8.91. The topological polar surface area (TPSA) is 297 Å². The molecule has 1 N–H and O–H groups in total. The molecule has 0 spiro atoms. The Hall–Kier alpha value is -6.17. The molecule has 3 aliphatic rings. The molecule has 1 saturated heterocycles. The third kappa shape index (κ3) is 13.4. The van der Waals surface area contributed by atoms with E-state index in [9.17, 15) is 62.5 Å². The van der Waals surface area contributed by atoms with Gasteiger partial charge in [-0.15, -0.1) is 0 Å². The molecule has 3 heterocycles. The molecule has 464 valence electrons. The van der Waals surface area contributed by atoms with Gasteiger partial charge in [0.25, 0.3) is 0 Å². The zero-order chi connectivity index (χ0) is 62.9. The number of carbonyl (C=O) groups excluding carboxylic acids is 1. The normalized spacial score (nSPS) is 17.3. The van der Waals surface area contributed by atoms with E-state index in [0.29, 0.717) is 89.8 Å². The van der Waals surface area contributed by atoms with Crippen molar-refractivity contribution in [1.82, 2.24) is 9.21 Å². The van der Waals surface area contributed by atoms with Gasteiger partial charge < -0.3 is 33.8 Å². The van der Waals surface area contributed by atoms with E-state index >= 15 is 0 Å². The first kappa shape index (κ1) is 65.3. The van der Waals surface area contributed by atoms with Gasteiger partial charge in [0, 0.05) is 115 Å². The summed E-state index contributed by atoms with van der Waals surface area (Å²) in [5.74, 6) is -0.574. The van der Waals surface area contributed by atoms with E-state index in [4.69, 9.17) is 0 Å². The quantitative estimate of drug-likeness (QED) is 0.0115. The summed E-state index contributed by atoms with van der Waals surface area (Å²) in [4.78, 5) is 15.7. The van der Waals surface area contributed by atoms with Gasteiger partial charge in [-0.25, -0.2) is 38.0 Å². The summed E-state index contributed by atoms with van der Waals surface area (Å²) in [5, 5.41) is 27.4. The van der Waals surface area contributed by atoms with E-state index in [1.54, 1.807) is 53.5 Å². The number of rotatable bonds is 24. The van der Waals surface area contributed by atoms with Crippen molar-refractivity contribution in [1.29, 1.82) is 0 Å². The second-order valence-corrected chi connectivity index (χ2v) is 30.0. The number of aliphatic hydroxyl groups is 1. The van der Waals surface area contributed by atoms with Crippen molar-refractivity contribution in [2.75, 3.05) is 56.2 Å². The summed E-state index contributed by atoms with van der Waals surface area (Å²) in [6, 6.07) is 32.3. The van der Waals surface area contributed by atoms with E-state index < -0.39 is 72.4 Å². The van der Waals surface area contributed by atoms with E-state index in [2.05, 4.69) is 9.37 Å². The fourth-order valence-corrected chi connectivity index (χ4v) is 16.4. The Morgan fingerprint density at radius 2 is 1.38 bits per heavy atom. The molecule has 20 nitrogen and oxygen atoms in total. The smallest absolute Gasteiger partial charge is 0.243 e. The maximum atomic E-state index is 14.6. The number of nitrogens with zero attached hydrogens (tertiary/aromatic N) is 4. The third-order valence-corrected chi connectivity index (χ3v) is 21.9. The number of fused-ring (bicyclic) bond motifs is 6. The zero-order valence-electron chi connectivity index (χ0n) is 48.5. The van der Waals surface area contributed by atoms with Crippen LogP contribution in [0.5, 0.6) is 0 Å². The molecule has 6 aromatic carbocycles. The highest BCUT2D eigenvalue weighted by Crippen LogP contribution is 2.52. The molecule has 1 amide bonds. The third-order valence-electron chi connectivity index (χ3n) is 16.9. The van der Waals surface area contributed by atoms with Crippen molar-refractivity contribution in [3.8, 4) is 0 Å². The van der Waals surface area contributed by atoms with Crippen molar-refractivity contribution in [2.45, 2.75) is 97.3 Å². The van der Waals surface area contributed by atoms with Crippen LogP contribution < -0.4 is 10.2 Å². The Balaban J connectivity index is 0.957. The standard InChI is InChI=1S/C62H70N4O16S5/c1-60(2)55(25-13-8-14-26-56-61(3,4)59-50-41-46(86(75,76)77)42-54(87(78,79)80)48(50)29-31-52(59)65(56)35-17-39-83-82-81-69)66(36-18-40-84(70,71)72)51-30-28-47-49(58(51)60)23-15-24-53(47)85(73,74)63(5)34-16-27-57(67)64-37-32-45(33-38-64)62(68,43-19-9-6-10-20-43)44-21-11-7-12-22-44/h6-15,19-26,28-31,41-42,45,68H,16-18,27,32-40H2,1-5H3,(H3-,69,70,71,72,75,76,77,78,79,80)/p-3. The largest absolute Gasteiger partial charge is 0.748 e. The monoisotopic (exact) mass is 1280 g/mol. The van der Waals surface area contributed by atoms with Crippen molar-refractivity contribution in [2.24, 2.45) is 5.92 Å². The van der Waals surface area contributed by atoms with Crippen molar-refractivity contribution < 1.29 is 76.4 Å². The maximum absolute atomic E-state index is 14.6. The number of piperidine rings is 1. The predicted octanol–water partition coefficient (Wildman–Crippen LogP) is 7.74. The highest BCUT2D eigenvalue weighted by Gasteiger charge is 2.47. The lowest BCUT2D eigenvalue weighted by atomic mass is 9.72. The van der Waals surface area contributed by atoms with E-state index in [1.165, 1.54) is 23.5 Å². The van der Waals surface area contributed by atoms with Gasteiger partial charge in [0.1, 0.15) is 32.4 Å². The summed E-state index contributed by atoms with van der Waals surface area (Å²) in [7, 11) is -17.8. The van der Waals surface area contributed by atoms with E-state index in [0.717, 1.165) is 34.8 Å². The van der Waals surface area contributed by atoms with Crippen LogP contribution in [0, 0.1) is 5.92 Å². The molecule has 0 radical (unpaired) electrons. The molecule has 3 aliphatic heterocycles. The zero-order valence-corrected chi connectivity index (χ0v) is 52.6.